The minimum Gasteiger partial charge on any atom is -0.371 e. The van der Waals surface area contributed by atoms with Crippen LogP contribution in [0.15, 0.2) is 18.2 Å². The van der Waals surface area contributed by atoms with Crippen molar-refractivity contribution in [3.63, 3.8) is 0 Å². The number of benzene rings is 1. The largest absolute Gasteiger partial charge is 0.371 e. The Labute approximate surface area is 157 Å². The second kappa shape index (κ2) is 13.1. The summed E-state index contributed by atoms with van der Waals surface area (Å²) in [6.07, 6.45) is 10.0. The molecule has 0 N–H and O–H groups in total. The first-order valence-corrected chi connectivity index (χ1v) is 10.6. The van der Waals surface area contributed by atoms with E-state index in [1.165, 1.54) is 62.7 Å². The number of unbranched alkanes of at least 4 members (excludes halogenated alkanes) is 4. The van der Waals surface area contributed by atoms with Gasteiger partial charge in [0.25, 0.3) is 0 Å². The first-order valence-electron chi connectivity index (χ1n) is 10.6. The highest BCUT2D eigenvalue weighted by Gasteiger charge is 2.11. The van der Waals surface area contributed by atoms with Gasteiger partial charge >= 0.3 is 0 Å². The molecule has 25 heavy (non-hydrogen) atoms. The van der Waals surface area contributed by atoms with Crippen molar-refractivity contribution in [2.75, 3.05) is 36.0 Å². The van der Waals surface area contributed by atoms with E-state index in [2.05, 4.69) is 62.6 Å². The van der Waals surface area contributed by atoms with Crippen LogP contribution in [-0.2, 0) is 0 Å². The van der Waals surface area contributed by atoms with E-state index in [1.807, 2.05) is 0 Å². The fraction of sp³-hybridized carbons (Fsp3) is 0.696. The van der Waals surface area contributed by atoms with Gasteiger partial charge in [-0.3, -0.25) is 0 Å². The highest BCUT2D eigenvalue weighted by atomic mass is 15.1. The first-order chi connectivity index (χ1) is 12.2. The van der Waals surface area contributed by atoms with E-state index in [4.69, 9.17) is 0 Å². The molecule has 1 rings (SSSR count). The number of hydrogen-bond acceptors (Lipinski definition) is 2. The third-order valence-corrected chi connectivity index (χ3v) is 4.82. The first kappa shape index (κ1) is 21.9. The lowest BCUT2D eigenvalue weighted by Gasteiger charge is -2.29. The molecule has 0 unspecified atom stereocenters. The third kappa shape index (κ3) is 8.16. The fourth-order valence-corrected chi connectivity index (χ4v) is 3.16. The molecule has 1 radical (unpaired) electrons. The van der Waals surface area contributed by atoms with Gasteiger partial charge in [0.05, 0.1) is 0 Å². The van der Waals surface area contributed by atoms with Crippen LogP contribution >= 0.6 is 0 Å². The molecule has 0 spiro atoms. The number of hydrogen-bond donors (Lipinski definition) is 0. The van der Waals surface area contributed by atoms with E-state index in [9.17, 15) is 0 Å². The quantitative estimate of drug-likeness (QED) is 0.371. The van der Waals surface area contributed by atoms with Gasteiger partial charge in [-0.15, -0.1) is 0 Å². The summed E-state index contributed by atoms with van der Waals surface area (Å²) in [5, 5.41) is 0. The van der Waals surface area contributed by atoms with Crippen LogP contribution in [0.4, 0.5) is 11.4 Å². The topological polar surface area (TPSA) is 6.48 Å². The Morgan fingerprint density at radius 3 is 1.20 bits per heavy atom. The summed E-state index contributed by atoms with van der Waals surface area (Å²) in [4.78, 5) is 5.14. The van der Waals surface area contributed by atoms with Crippen molar-refractivity contribution < 1.29 is 0 Å². The standard InChI is InChI=1S/C23H41N2/c1-6-10-14-24(15-11-7-2)22-18-21(5)19-23(20-22)25(16-12-8-3)17-13-9-4/h18-20H,5-17H2,1-4H3. The Balaban J connectivity index is 3.02. The highest BCUT2D eigenvalue weighted by molar-refractivity contribution is 5.62. The van der Waals surface area contributed by atoms with E-state index in [0.29, 0.717) is 0 Å². The van der Waals surface area contributed by atoms with Crippen LogP contribution in [0, 0.1) is 6.92 Å². The van der Waals surface area contributed by atoms with Crippen molar-refractivity contribution in [3.05, 3.63) is 30.7 Å². The molecule has 0 saturated carbocycles. The van der Waals surface area contributed by atoms with Gasteiger partial charge < -0.3 is 9.80 Å². The molecule has 0 amide bonds. The van der Waals surface area contributed by atoms with Crippen LogP contribution in [0.2, 0.25) is 0 Å². The maximum Gasteiger partial charge on any atom is 0.0389 e. The summed E-state index contributed by atoms with van der Waals surface area (Å²) < 4.78 is 0. The number of rotatable bonds is 14. The summed E-state index contributed by atoms with van der Waals surface area (Å²) in [5.41, 5.74) is 3.87. The molecule has 0 aliphatic carbocycles. The second-order valence-corrected chi connectivity index (χ2v) is 7.25. The summed E-state index contributed by atoms with van der Waals surface area (Å²) in [7, 11) is 0. The average molecular weight is 346 g/mol. The highest BCUT2D eigenvalue weighted by Crippen LogP contribution is 2.26. The average Bonchev–Trinajstić information content (AvgIpc) is 2.61. The molecule has 0 heterocycles. The number of nitrogens with zero attached hydrogens (tertiary/aromatic N) is 2. The minimum absolute atomic E-state index is 1.14. The lowest BCUT2D eigenvalue weighted by atomic mass is 10.1. The van der Waals surface area contributed by atoms with Gasteiger partial charge in [0.2, 0.25) is 0 Å². The van der Waals surface area contributed by atoms with E-state index < -0.39 is 0 Å². The molecule has 0 aliphatic rings. The van der Waals surface area contributed by atoms with Crippen LogP contribution in [0.1, 0.15) is 84.6 Å². The molecule has 2 heteroatoms. The zero-order chi connectivity index (χ0) is 18.5. The SMILES string of the molecule is [CH2]c1cc(N(CCCC)CCCC)cc(N(CCCC)CCCC)c1. The summed E-state index contributed by atoms with van der Waals surface area (Å²) >= 11 is 0. The molecule has 1 aromatic rings. The molecule has 0 aliphatic heterocycles. The summed E-state index contributed by atoms with van der Waals surface area (Å²) in [5.74, 6) is 0. The van der Waals surface area contributed by atoms with Crippen LogP contribution in [-0.4, -0.2) is 26.2 Å². The molecular weight excluding hydrogens is 304 g/mol. The third-order valence-electron chi connectivity index (χ3n) is 4.82. The normalized spacial score (nSPS) is 10.9. The molecule has 2 nitrogen and oxygen atoms in total. The molecule has 143 valence electrons. The lowest BCUT2D eigenvalue weighted by Crippen LogP contribution is -2.28. The van der Waals surface area contributed by atoms with Crippen LogP contribution in [0.3, 0.4) is 0 Å². The molecule has 0 atom stereocenters. The Hall–Kier alpha value is -1.18. The van der Waals surface area contributed by atoms with E-state index in [1.54, 1.807) is 0 Å². The lowest BCUT2D eigenvalue weighted by molar-refractivity contribution is 0.671. The van der Waals surface area contributed by atoms with Gasteiger partial charge in [0.15, 0.2) is 0 Å². The summed E-state index contributed by atoms with van der Waals surface area (Å²) in [6, 6.07) is 6.95. The zero-order valence-corrected chi connectivity index (χ0v) is 17.3. The Bertz CT molecular complexity index is 401. The van der Waals surface area contributed by atoms with Crippen molar-refractivity contribution in [1.29, 1.82) is 0 Å². The van der Waals surface area contributed by atoms with Crippen molar-refractivity contribution in [2.45, 2.75) is 79.1 Å². The molecule has 1 aromatic carbocycles. The molecule has 0 saturated heterocycles. The van der Waals surface area contributed by atoms with Gasteiger partial charge in [0, 0.05) is 37.6 Å². The smallest absolute Gasteiger partial charge is 0.0389 e. The van der Waals surface area contributed by atoms with Crippen LogP contribution < -0.4 is 9.80 Å². The van der Waals surface area contributed by atoms with Gasteiger partial charge in [-0.05, 0) is 56.4 Å². The predicted octanol–water partition coefficient (Wildman–Crippen LogP) is 6.68. The van der Waals surface area contributed by atoms with Gasteiger partial charge in [-0.2, -0.15) is 0 Å². The molecular formula is C23H41N2. The molecule has 0 bridgehead atoms. The fourth-order valence-electron chi connectivity index (χ4n) is 3.16. The monoisotopic (exact) mass is 345 g/mol. The Kier molecular flexibility index (Phi) is 11.4. The molecule has 0 fully saturated rings. The molecule has 0 aromatic heterocycles. The Morgan fingerprint density at radius 1 is 0.600 bits per heavy atom. The predicted molar refractivity (Wildman–Crippen MR) is 115 cm³/mol. The minimum atomic E-state index is 1.14. The van der Waals surface area contributed by atoms with Gasteiger partial charge in [-0.25, -0.2) is 0 Å². The summed E-state index contributed by atoms with van der Waals surface area (Å²) in [6.45, 7) is 18.0. The van der Waals surface area contributed by atoms with E-state index in [0.717, 1.165) is 31.7 Å². The number of anilines is 2. The van der Waals surface area contributed by atoms with E-state index in [-0.39, 0.29) is 0 Å². The van der Waals surface area contributed by atoms with Gasteiger partial charge in [0.1, 0.15) is 0 Å². The zero-order valence-electron chi connectivity index (χ0n) is 17.3. The van der Waals surface area contributed by atoms with Crippen molar-refractivity contribution in [2.24, 2.45) is 0 Å². The van der Waals surface area contributed by atoms with Crippen LogP contribution in [0.25, 0.3) is 0 Å². The Morgan fingerprint density at radius 2 is 0.920 bits per heavy atom. The maximum absolute atomic E-state index is 4.27. The van der Waals surface area contributed by atoms with Gasteiger partial charge in [-0.1, -0.05) is 53.4 Å². The van der Waals surface area contributed by atoms with E-state index >= 15 is 0 Å². The second-order valence-electron chi connectivity index (χ2n) is 7.25. The maximum atomic E-state index is 4.27. The van der Waals surface area contributed by atoms with Crippen LogP contribution in [0.5, 0.6) is 0 Å². The van der Waals surface area contributed by atoms with Crippen molar-refractivity contribution in [1.82, 2.24) is 0 Å². The van der Waals surface area contributed by atoms with Crippen molar-refractivity contribution >= 4 is 11.4 Å². The van der Waals surface area contributed by atoms with Crippen molar-refractivity contribution in [3.8, 4) is 0 Å².